The highest BCUT2D eigenvalue weighted by molar-refractivity contribution is 8.00. The van der Waals surface area contributed by atoms with Gasteiger partial charge in [-0.1, -0.05) is 90.2 Å². The molecule has 2 amide bonds. The van der Waals surface area contributed by atoms with E-state index in [1.54, 1.807) is 29.2 Å². The van der Waals surface area contributed by atoms with Crippen LogP contribution in [0.2, 0.25) is 5.02 Å². The maximum absolute atomic E-state index is 14.6. The molecule has 4 heterocycles. The van der Waals surface area contributed by atoms with Crippen molar-refractivity contribution in [1.82, 2.24) is 10.2 Å². The number of benzene rings is 3. The Kier molecular flexibility index (Phi) is 6.22. The number of carbonyl (C=O) groups excluding carboxylic acids is 2. The Labute approximate surface area is 247 Å². The number of amides is 2. The molecule has 5 aromatic rings. The number of para-hydroxylation sites is 1. The predicted molar refractivity (Wildman–Crippen MR) is 160 cm³/mol. The number of rotatable bonds is 6. The molecule has 3 aromatic carbocycles. The van der Waals surface area contributed by atoms with Crippen LogP contribution in [-0.4, -0.2) is 28.6 Å². The fourth-order valence-corrected chi connectivity index (χ4v) is 7.67. The van der Waals surface area contributed by atoms with Crippen molar-refractivity contribution in [3.63, 3.8) is 0 Å². The van der Waals surface area contributed by atoms with E-state index in [2.05, 4.69) is 10.2 Å². The minimum absolute atomic E-state index is 0.0259. The third-order valence-corrected chi connectivity index (χ3v) is 9.67. The van der Waals surface area contributed by atoms with Crippen LogP contribution in [-0.2, 0) is 16.1 Å². The summed E-state index contributed by atoms with van der Waals surface area (Å²) in [6.45, 7) is 2.38. The predicted octanol–water partition coefficient (Wildman–Crippen LogP) is 6.25. The van der Waals surface area contributed by atoms with Crippen LogP contribution in [0, 0.1) is 0 Å². The van der Waals surface area contributed by atoms with Crippen molar-refractivity contribution in [3.05, 3.63) is 110 Å². The number of nitrogens with zero attached hydrogens (tertiary/aromatic N) is 4. The lowest BCUT2D eigenvalue weighted by molar-refractivity contribution is -0.121. The fraction of sp³-hybridized carbons (Fsp3) is 0.167. The third-order valence-electron chi connectivity index (χ3n) is 7.33. The van der Waals surface area contributed by atoms with Gasteiger partial charge >= 0.3 is 0 Å². The number of carbonyl (C=O) groups is 2. The van der Waals surface area contributed by atoms with E-state index in [1.165, 1.54) is 34.1 Å². The van der Waals surface area contributed by atoms with Crippen LogP contribution in [0.4, 0.5) is 10.8 Å². The number of fused-ring (bicyclic) bond motifs is 5. The van der Waals surface area contributed by atoms with Crippen molar-refractivity contribution < 1.29 is 14.0 Å². The zero-order chi connectivity index (χ0) is 28.3. The first-order valence-electron chi connectivity index (χ1n) is 13.0. The molecule has 2 aliphatic heterocycles. The first-order valence-corrected chi connectivity index (χ1v) is 15.2. The normalized spacial score (nSPS) is 17.6. The zero-order valence-electron chi connectivity index (χ0n) is 21.7. The molecule has 1 spiro atoms. The molecule has 7 rings (SSSR count). The molecule has 0 bridgehead atoms. The van der Waals surface area contributed by atoms with Crippen LogP contribution in [0.3, 0.4) is 0 Å². The molecule has 1 unspecified atom stereocenters. The van der Waals surface area contributed by atoms with Gasteiger partial charge < -0.3 is 9.32 Å². The summed E-state index contributed by atoms with van der Waals surface area (Å²) >= 11 is 8.93. The van der Waals surface area contributed by atoms with E-state index >= 15 is 0 Å². The molecule has 204 valence electrons. The molecule has 1 atom stereocenters. The lowest BCUT2D eigenvalue weighted by atomic mass is 9.84. The molecule has 2 aliphatic rings. The van der Waals surface area contributed by atoms with Crippen molar-refractivity contribution >= 4 is 68.3 Å². The maximum atomic E-state index is 14.6. The van der Waals surface area contributed by atoms with Crippen LogP contribution in [0.5, 0.6) is 0 Å². The molecular weight excluding hydrogens is 580 g/mol. The second kappa shape index (κ2) is 9.83. The largest absolute Gasteiger partial charge is 0.450 e. The number of anilines is 2. The number of hydrogen-bond acceptors (Lipinski definition) is 8. The molecule has 2 aromatic heterocycles. The lowest BCUT2D eigenvalue weighted by Crippen LogP contribution is -2.53. The quantitative estimate of drug-likeness (QED) is 0.168. The van der Waals surface area contributed by atoms with Crippen molar-refractivity contribution in [3.8, 4) is 0 Å². The minimum atomic E-state index is -1.80. The molecule has 11 heteroatoms. The van der Waals surface area contributed by atoms with E-state index in [4.69, 9.17) is 16.0 Å². The van der Waals surface area contributed by atoms with E-state index in [-0.39, 0.29) is 27.4 Å². The van der Waals surface area contributed by atoms with Gasteiger partial charge in [0, 0.05) is 22.9 Å². The average Bonchev–Trinajstić information content (AvgIpc) is 3.62. The van der Waals surface area contributed by atoms with Crippen molar-refractivity contribution in [1.29, 1.82) is 0 Å². The van der Waals surface area contributed by atoms with Gasteiger partial charge in [0.15, 0.2) is 15.3 Å². The standard InChI is InChI=1S/C30H21ClN4O4S2/c1-2-14-34-21-11-7-6-10-20(21)30(27(34)38)23-24(36)19-15-18(31)12-13-22(19)39-25(23)26(37)35(30)28-32-33-29(41-28)40-16-17-8-4-3-5-9-17/h3-13,15H,2,14,16H2,1H3. The Morgan fingerprint density at radius 2 is 1.78 bits per heavy atom. The van der Waals surface area contributed by atoms with Crippen molar-refractivity contribution in [2.24, 2.45) is 0 Å². The number of halogens is 1. The van der Waals surface area contributed by atoms with Crippen LogP contribution in [0.25, 0.3) is 11.0 Å². The number of hydrogen-bond donors (Lipinski definition) is 0. The second-order valence-electron chi connectivity index (χ2n) is 9.73. The lowest BCUT2D eigenvalue weighted by Gasteiger charge is -2.32. The molecule has 0 fully saturated rings. The van der Waals surface area contributed by atoms with E-state index < -0.39 is 22.8 Å². The van der Waals surface area contributed by atoms with Gasteiger partial charge in [-0.15, -0.1) is 10.2 Å². The van der Waals surface area contributed by atoms with Gasteiger partial charge in [0.2, 0.25) is 10.9 Å². The Balaban J connectivity index is 1.45. The summed E-state index contributed by atoms with van der Waals surface area (Å²) in [6.07, 6.45) is 0.679. The summed E-state index contributed by atoms with van der Waals surface area (Å²) in [5.41, 5.74) is 0.184. The minimum Gasteiger partial charge on any atom is -0.450 e. The Bertz CT molecular complexity index is 1930. The summed E-state index contributed by atoms with van der Waals surface area (Å²) < 4.78 is 6.72. The molecule has 0 saturated carbocycles. The van der Waals surface area contributed by atoms with Gasteiger partial charge in [0.05, 0.1) is 16.6 Å². The molecule has 0 saturated heterocycles. The maximum Gasteiger partial charge on any atom is 0.297 e. The van der Waals surface area contributed by atoms with E-state index in [0.29, 0.717) is 39.3 Å². The van der Waals surface area contributed by atoms with Crippen LogP contribution >= 0.6 is 34.7 Å². The summed E-state index contributed by atoms with van der Waals surface area (Å²) in [7, 11) is 0. The van der Waals surface area contributed by atoms with Gasteiger partial charge in [-0.3, -0.25) is 19.3 Å². The zero-order valence-corrected chi connectivity index (χ0v) is 24.1. The van der Waals surface area contributed by atoms with E-state index in [9.17, 15) is 14.4 Å². The highest BCUT2D eigenvalue weighted by Gasteiger charge is 2.66. The first kappa shape index (κ1) is 25.9. The van der Waals surface area contributed by atoms with Gasteiger partial charge in [0.25, 0.3) is 11.8 Å². The molecule has 8 nitrogen and oxygen atoms in total. The van der Waals surface area contributed by atoms with Crippen LogP contribution in [0.15, 0.2) is 86.3 Å². The van der Waals surface area contributed by atoms with Crippen LogP contribution in [0.1, 0.15) is 40.6 Å². The summed E-state index contributed by atoms with van der Waals surface area (Å²) in [5.74, 6) is -0.547. The third kappa shape index (κ3) is 3.78. The molecule has 41 heavy (non-hydrogen) atoms. The van der Waals surface area contributed by atoms with Crippen molar-refractivity contribution in [2.45, 2.75) is 29.0 Å². The van der Waals surface area contributed by atoms with E-state index in [1.807, 2.05) is 49.4 Å². The van der Waals surface area contributed by atoms with Crippen LogP contribution < -0.4 is 15.2 Å². The Hall–Kier alpha value is -3.99. The topological polar surface area (TPSA) is 96.6 Å². The number of aromatic nitrogens is 2. The Morgan fingerprint density at radius 3 is 2.59 bits per heavy atom. The van der Waals surface area contributed by atoms with Crippen molar-refractivity contribution in [2.75, 3.05) is 16.3 Å². The molecule has 0 radical (unpaired) electrons. The molecular formula is C30H21ClN4O4S2. The molecule has 0 aliphatic carbocycles. The second-order valence-corrected chi connectivity index (χ2v) is 12.3. The fourth-order valence-electron chi connectivity index (χ4n) is 5.65. The monoisotopic (exact) mass is 600 g/mol. The highest BCUT2D eigenvalue weighted by atomic mass is 35.5. The summed E-state index contributed by atoms with van der Waals surface area (Å²) in [5, 5.41) is 9.46. The van der Waals surface area contributed by atoms with Gasteiger partial charge in [-0.2, -0.15) is 0 Å². The molecule has 0 N–H and O–H groups in total. The van der Waals surface area contributed by atoms with Gasteiger partial charge in [-0.25, -0.2) is 0 Å². The Morgan fingerprint density at radius 1 is 1.00 bits per heavy atom. The van der Waals surface area contributed by atoms with Gasteiger partial charge in [0.1, 0.15) is 5.58 Å². The smallest absolute Gasteiger partial charge is 0.297 e. The summed E-state index contributed by atoms with van der Waals surface area (Å²) in [6, 6.07) is 21.8. The first-order chi connectivity index (χ1) is 19.9. The van der Waals surface area contributed by atoms with E-state index in [0.717, 1.165) is 5.56 Å². The van der Waals surface area contributed by atoms with Gasteiger partial charge in [-0.05, 0) is 36.2 Å². The average molecular weight is 601 g/mol. The SMILES string of the molecule is CCCN1C(=O)C2(c3ccccc31)c1c(oc3ccc(Cl)cc3c1=O)C(=O)N2c1nnc(SCc2ccccc2)s1. The number of thioether (sulfide) groups is 1. The summed E-state index contributed by atoms with van der Waals surface area (Å²) in [4.78, 5) is 46.1. The highest BCUT2D eigenvalue weighted by Crippen LogP contribution is 2.54.